The minimum atomic E-state index is -5.14. The molecular formula is C17H17F3N4O3S. The third-order valence-corrected chi connectivity index (χ3v) is 5.45. The fourth-order valence-electron chi connectivity index (χ4n) is 3.34. The van der Waals surface area contributed by atoms with Crippen LogP contribution in [0.15, 0.2) is 23.8 Å². The molecule has 11 heteroatoms. The maximum absolute atomic E-state index is 12.4. The standard InChI is InChI=1S/C17H17F3N4O3S/c1-21-9-7-22-14(23-8-9)13-11(5-6-28-13)10-3-2-4-12(10)15(25)24-16(26)27-17(18,19)20/h5-8,10,12,21H,2-4H2,1H3,(H,24,25,26)/t10-,12+/m0/s1. The summed E-state index contributed by atoms with van der Waals surface area (Å²) in [5, 5.41) is 6.47. The second kappa shape index (κ2) is 8.13. The zero-order valence-electron chi connectivity index (χ0n) is 14.7. The van der Waals surface area contributed by atoms with E-state index in [1.807, 2.05) is 11.4 Å². The molecule has 0 saturated heterocycles. The SMILES string of the molecule is CNc1cnc(-c2sccc2[C@@H]2CCC[C@H]2C(=O)NC(=O)OC(F)(F)F)nc1. The number of alkyl carbamates (subject to hydrolysis) is 1. The quantitative estimate of drug-likeness (QED) is 0.788. The van der Waals surface area contributed by atoms with Crippen LogP contribution in [-0.4, -0.2) is 35.4 Å². The third-order valence-electron chi connectivity index (χ3n) is 4.53. The molecule has 2 N–H and O–H groups in total. The van der Waals surface area contributed by atoms with Crippen LogP contribution in [-0.2, 0) is 9.53 Å². The molecule has 0 unspecified atom stereocenters. The molecule has 1 aliphatic carbocycles. The lowest BCUT2D eigenvalue weighted by Crippen LogP contribution is -2.39. The predicted octanol–water partition coefficient (Wildman–Crippen LogP) is 3.90. The monoisotopic (exact) mass is 414 g/mol. The van der Waals surface area contributed by atoms with E-state index in [2.05, 4.69) is 20.0 Å². The summed E-state index contributed by atoms with van der Waals surface area (Å²) in [6.45, 7) is 0. The summed E-state index contributed by atoms with van der Waals surface area (Å²) in [7, 11) is 1.75. The van der Waals surface area contributed by atoms with Crippen LogP contribution in [0.5, 0.6) is 0 Å². The molecule has 28 heavy (non-hydrogen) atoms. The number of nitrogens with zero attached hydrogens (tertiary/aromatic N) is 2. The number of ether oxygens (including phenoxy) is 1. The Morgan fingerprint density at radius 3 is 2.61 bits per heavy atom. The van der Waals surface area contributed by atoms with Crippen molar-refractivity contribution in [3.8, 4) is 10.7 Å². The van der Waals surface area contributed by atoms with E-state index in [-0.39, 0.29) is 5.92 Å². The number of amides is 2. The van der Waals surface area contributed by atoms with Gasteiger partial charge in [-0.1, -0.05) is 6.42 Å². The Balaban J connectivity index is 1.77. The third kappa shape index (κ3) is 4.58. The summed E-state index contributed by atoms with van der Waals surface area (Å²) in [4.78, 5) is 33.1. The van der Waals surface area contributed by atoms with E-state index in [1.54, 1.807) is 24.8 Å². The van der Waals surface area contributed by atoms with Crippen molar-refractivity contribution in [1.82, 2.24) is 15.3 Å². The van der Waals surface area contributed by atoms with E-state index in [1.165, 1.54) is 11.3 Å². The number of hydrogen-bond donors (Lipinski definition) is 2. The van der Waals surface area contributed by atoms with Crippen LogP contribution < -0.4 is 10.6 Å². The Labute approximate surface area is 162 Å². The zero-order chi connectivity index (χ0) is 20.3. The lowest BCUT2D eigenvalue weighted by Gasteiger charge is -2.19. The van der Waals surface area contributed by atoms with Gasteiger partial charge in [-0.25, -0.2) is 14.8 Å². The van der Waals surface area contributed by atoms with E-state index in [0.717, 1.165) is 16.1 Å². The van der Waals surface area contributed by atoms with Crippen LogP contribution >= 0.6 is 11.3 Å². The summed E-state index contributed by atoms with van der Waals surface area (Å²) < 4.78 is 39.6. The van der Waals surface area contributed by atoms with Gasteiger partial charge in [-0.3, -0.25) is 10.1 Å². The molecule has 3 rings (SSSR count). The molecule has 150 valence electrons. The largest absolute Gasteiger partial charge is 0.576 e. The first kappa shape index (κ1) is 20.1. The van der Waals surface area contributed by atoms with Crippen LogP contribution in [0.3, 0.4) is 0 Å². The first-order valence-electron chi connectivity index (χ1n) is 8.46. The number of hydrogen-bond acceptors (Lipinski definition) is 7. The van der Waals surface area contributed by atoms with Crippen molar-refractivity contribution in [2.75, 3.05) is 12.4 Å². The van der Waals surface area contributed by atoms with E-state index in [0.29, 0.717) is 25.1 Å². The van der Waals surface area contributed by atoms with E-state index >= 15 is 0 Å². The molecule has 2 atom stereocenters. The molecule has 0 aliphatic heterocycles. The van der Waals surface area contributed by atoms with Crippen LogP contribution in [0.1, 0.15) is 30.7 Å². The number of nitrogens with one attached hydrogen (secondary N) is 2. The molecule has 7 nitrogen and oxygen atoms in total. The lowest BCUT2D eigenvalue weighted by atomic mass is 9.88. The zero-order valence-corrected chi connectivity index (χ0v) is 15.6. The van der Waals surface area contributed by atoms with Gasteiger partial charge in [0.05, 0.1) is 23.0 Å². The second-order valence-corrected chi connectivity index (χ2v) is 7.13. The van der Waals surface area contributed by atoms with Crippen molar-refractivity contribution in [3.05, 3.63) is 29.4 Å². The maximum Gasteiger partial charge on any atom is 0.576 e. The number of aromatic nitrogens is 2. The molecule has 2 aromatic heterocycles. The summed E-state index contributed by atoms with van der Waals surface area (Å²) >= 11 is 1.42. The van der Waals surface area contributed by atoms with Gasteiger partial charge in [-0.2, -0.15) is 0 Å². The van der Waals surface area contributed by atoms with Crippen molar-refractivity contribution in [3.63, 3.8) is 0 Å². The molecule has 2 amide bonds. The molecule has 0 bridgehead atoms. The molecule has 0 aromatic carbocycles. The summed E-state index contributed by atoms with van der Waals surface area (Å²) in [5.41, 5.74) is 1.60. The normalized spacial score (nSPS) is 19.3. The summed E-state index contributed by atoms with van der Waals surface area (Å²) in [5.74, 6) is -1.15. The summed E-state index contributed by atoms with van der Waals surface area (Å²) in [6, 6.07) is 1.86. The summed E-state index contributed by atoms with van der Waals surface area (Å²) in [6.07, 6.45) is -1.84. The molecule has 1 aliphatic rings. The fourth-order valence-corrected chi connectivity index (χ4v) is 4.25. The van der Waals surface area contributed by atoms with Crippen molar-refractivity contribution < 1.29 is 27.5 Å². The van der Waals surface area contributed by atoms with Crippen LogP contribution in [0.2, 0.25) is 0 Å². The first-order chi connectivity index (χ1) is 13.3. The topological polar surface area (TPSA) is 93.2 Å². The Hall–Kier alpha value is -2.69. The number of alkyl halides is 3. The molecule has 0 radical (unpaired) electrons. The molecule has 1 saturated carbocycles. The Bertz CT molecular complexity index is 854. The van der Waals surface area contributed by atoms with Crippen molar-refractivity contribution in [2.24, 2.45) is 5.92 Å². The Morgan fingerprint density at radius 2 is 1.96 bits per heavy atom. The van der Waals surface area contributed by atoms with Crippen LogP contribution in [0.25, 0.3) is 10.7 Å². The van der Waals surface area contributed by atoms with E-state index < -0.39 is 24.3 Å². The van der Waals surface area contributed by atoms with Gasteiger partial charge in [0.15, 0.2) is 5.82 Å². The Morgan fingerprint density at radius 1 is 1.25 bits per heavy atom. The molecule has 0 spiro atoms. The number of imide groups is 1. The number of carbonyl (C=O) groups is 2. The van der Waals surface area contributed by atoms with Crippen molar-refractivity contribution >= 4 is 29.0 Å². The smallest absolute Gasteiger partial charge is 0.386 e. The highest BCUT2D eigenvalue weighted by molar-refractivity contribution is 7.13. The van der Waals surface area contributed by atoms with Gasteiger partial charge in [0.25, 0.3) is 0 Å². The number of halogens is 3. The first-order valence-corrected chi connectivity index (χ1v) is 9.34. The molecule has 2 heterocycles. The highest BCUT2D eigenvalue weighted by atomic mass is 32.1. The number of rotatable bonds is 4. The van der Waals surface area contributed by atoms with Gasteiger partial charge >= 0.3 is 12.5 Å². The van der Waals surface area contributed by atoms with E-state index in [4.69, 9.17) is 0 Å². The fraction of sp³-hybridized carbons (Fsp3) is 0.412. The highest BCUT2D eigenvalue weighted by Crippen LogP contribution is 2.44. The average molecular weight is 414 g/mol. The minimum Gasteiger partial charge on any atom is -0.386 e. The second-order valence-electron chi connectivity index (χ2n) is 6.22. The van der Waals surface area contributed by atoms with Gasteiger partial charge in [0.2, 0.25) is 5.91 Å². The van der Waals surface area contributed by atoms with Crippen molar-refractivity contribution in [1.29, 1.82) is 0 Å². The van der Waals surface area contributed by atoms with Crippen LogP contribution in [0, 0.1) is 5.92 Å². The maximum atomic E-state index is 12.4. The van der Waals surface area contributed by atoms with Gasteiger partial charge in [0, 0.05) is 13.0 Å². The lowest BCUT2D eigenvalue weighted by molar-refractivity contribution is -0.290. The predicted molar refractivity (Wildman–Crippen MR) is 95.7 cm³/mol. The number of anilines is 1. The van der Waals surface area contributed by atoms with Gasteiger partial charge in [0.1, 0.15) is 0 Å². The van der Waals surface area contributed by atoms with E-state index in [9.17, 15) is 22.8 Å². The van der Waals surface area contributed by atoms with Crippen LogP contribution in [0.4, 0.5) is 23.7 Å². The van der Waals surface area contributed by atoms with Crippen molar-refractivity contribution in [2.45, 2.75) is 31.5 Å². The Kier molecular flexibility index (Phi) is 5.82. The molecule has 2 aromatic rings. The van der Waals surface area contributed by atoms with Gasteiger partial charge < -0.3 is 10.1 Å². The van der Waals surface area contributed by atoms with Gasteiger partial charge in [-0.05, 0) is 35.8 Å². The molecular weight excluding hydrogens is 397 g/mol. The number of carbonyl (C=O) groups excluding carboxylic acids is 2. The highest BCUT2D eigenvalue weighted by Gasteiger charge is 2.39. The minimum absolute atomic E-state index is 0.243. The number of thiophene rings is 1. The molecule has 1 fully saturated rings. The van der Waals surface area contributed by atoms with Gasteiger partial charge in [-0.15, -0.1) is 24.5 Å². The average Bonchev–Trinajstić information content (AvgIpc) is 3.28.